The van der Waals surface area contributed by atoms with E-state index in [1.165, 1.54) is 0 Å². The van der Waals surface area contributed by atoms with Crippen LogP contribution in [-0.4, -0.2) is 66.2 Å². The van der Waals surface area contributed by atoms with E-state index in [1.54, 1.807) is 6.41 Å². The summed E-state index contributed by atoms with van der Waals surface area (Å²) in [5.74, 6) is 0. The zero-order chi connectivity index (χ0) is 15.0. The Labute approximate surface area is 122 Å². The quantitative estimate of drug-likeness (QED) is 0.294. The average Bonchev–Trinajstić information content (AvgIpc) is 2.72. The molecule has 0 N–H and O–H groups in total. The number of carbonyl (C=O) groups excluding carboxylic acids is 1. The summed E-state index contributed by atoms with van der Waals surface area (Å²) in [7, 11) is 0. The molecule has 0 aromatic carbocycles. The van der Waals surface area contributed by atoms with Crippen molar-refractivity contribution in [2.24, 2.45) is 0 Å². The first-order valence-electron chi connectivity index (χ1n) is 6.45. The summed E-state index contributed by atoms with van der Waals surface area (Å²) in [5.41, 5.74) is -0.160. The molecule has 2 unspecified atom stereocenters. The smallest absolute Gasteiger partial charge is 0.233 e. The molecule has 9 heteroatoms. The maximum absolute atomic E-state index is 11.2. The molecule has 1 aliphatic heterocycles. The van der Waals surface area contributed by atoms with Crippen molar-refractivity contribution in [2.75, 3.05) is 39.6 Å². The molecule has 130 valence electrons. The zero-order valence-electron chi connectivity index (χ0n) is 12.4. The Morgan fingerprint density at radius 1 is 1.24 bits per heavy atom. The molecule has 7 nitrogen and oxygen atoms in total. The first-order valence-corrected chi connectivity index (χ1v) is 7.49. The normalized spacial score (nSPS) is 22.1. The third-order valence-electron chi connectivity index (χ3n) is 2.39. The largest absolute Gasteiger partial charge is 0.519 e. The third-order valence-corrected chi connectivity index (χ3v) is 3.42. The van der Waals surface area contributed by atoms with Crippen LogP contribution in [0, 0.1) is 0 Å². The van der Waals surface area contributed by atoms with Crippen LogP contribution in [0.25, 0.3) is 0 Å². The van der Waals surface area contributed by atoms with E-state index in [-0.39, 0.29) is 24.9 Å². The Morgan fingerprint density at radius 2 is 1.86 bits per heavy atom. The minimum Gasteiger partial charge on any atom is -0.519 e. The van der Waals surface area contributed by atoms with Gasteiger partial charge in [0, 0.05) is 0 Å². The number of hydrogen-bond donors (Lipinski definition) is 0. The molecular weight excluding hydrogens is 543 g/mol. The molecule has 0 aromatic heterocycles. The van der Waals surface area contributed by atoms with Crippen molar-refractivity contribution in [3.63, 3.8) is 0 Å². The Kier molecular flexibility index (Phi) is 8.72. The van der Waals surface area contributed by atoms with E-state index < -0.39 is 11.3 Å². The molecule has 2 atom stereocenters. The predicted octanol–water partition coefficient (Wildman–Crippen LogP) is 0.181. The second-order valence-electron chi connectivity index (χ2n) is 5.22. The molecule has 21 heavy (non-hydrogen) atoms. The monoisotopic (exact) mass is 565 g/mol. The van der Waals surface area contributed by atoms with Crippen LogP contribution in [-0.2, 0) is 34.5 Å². The number of nitrogens with zero attached hydrogens (tertiary/aromatic N) is 1. The summed E-state index contributed by atoms with van der Waals surface area (Å²) < 4.78 is 33.1. The Bertz CT molecular complexity index is 325. The van der Waals surface area contributed by atoms with E-state index in [9.17, 15) is 9.00 Å². The fourth-order valence-corrected chi connectivity index (χ4v) is 2.26. The second-order valence-corrected chi connectivity index (χ2v) is 6.28. The van der Waals surface area contributed by atoms with Crippen molar-refractivity contribution in [1.29, 1.82) is 0 Å². The maximum atomic E-state index is 11.2. The zero-order valence-corrected chi connectivity index (χ0v) is 15.6. The SMILES string of the molecule is CC(C)(C)OCCOCCOCC1COS(=O)N1[C-]=O.[Fm]. The van der Waals surface area contributed by atoms with Crippen LogP contribution < -0.4 is 0 Å². The van der Waals surface area contributed by atoms with Gasteiger partial charge in [0.1, 0.15) is 0 Å². The van der Waals surface area contributed by atoms with Crippen LogP contribution >= 0.6 is 0 Å². The van der Waals surface area contributed by atoms with Crippen LogP contribution in [0.5, 0.6) is 0 Å². The summed E-state index contributed by atoms with van der Waals surface area (Å²) >= 11 is -1.73. The van der Waals surface area contributed by atoms with Crippen molar-refractivity contribution in [1.82, 2.24) is 4.31 Å². The van der Waals surface area contributed by atoms with Crippen molar-refractivity contribution < 1.29 is 27.4 Å². The first-order chi connectivity index (χ1) is 9.44. The summed E-state index contributed by atoms with van der Waals surface area (Å²) in [6.45, 7) is 8.28. The summed E-state index contributed by atoms with van der Waals surface area (Å²) in [4.78, 5) is 10.5. The molecule has 0 bridgehead atoms. The topological polar surface area (TPSA) is 74.3 Å². The number of rotatable bonds is 9. The predicted molar refractivity (Wildman–Crippen MR) is 72.8 cm³/mol. The van der Waals surface area contributed by atoms with Crippen molar-refractivity contribution in [2.45, 2.75) is 32.4 Å². The van der Waals surface area contributed by atoms with Gasteiger partial charge in [-0.1, -0.05) is 0 Å². The van der Waals surface area contributed by atoms with Crippen LogP contribution in [0.4, 0.5) is 0 Å². The fourth-order valence-electron chi connectivity index (χ4n) is 1.45. The molecule has 1 fully saturated rings. The van der Waals surface area contributed by atoms with E-state index in [0.29, 0.717) is 26.4 Å². The minimum atomic E-state index is -1.73. The molecular formula is C12H22FmNO6S-. The maximum Gasteiger partial charge on any atom is 0.233 e. The van der Waals surface area contributed by atoms with Gasteiger partial charge in [0.25, 0.3) is 0 Å². The number of amides is 1. The standard InChI is InChI=1S/C12H22NO6S.Fm/c1-12(2,3)18-7-6-16-4-5-17-8-11-9-19-20(15)13(11)10-14;/h11H,4-9H2,1-3H3;/q-1;. The van der Waals surface area contributed by atoms with Crippen LogP contribution in [0.1, 0.15) is 20.8 Å². The Balaban J connectivity index is 0.00000400. The van der Waals surface area contributed by atoms with E-state index in [2.05, 4.69) is 0 Å². The van der Waals surface area contributed by atoms with Gasteiger partial charge < -0.3 is 23.3 Å². The Morgan fingerprint density at radius 3 is 2.48 bits per heavy atom. The van der Waals surface area contributed by atoms with E-state index in [0.717, 1.165) is 4.31 Å². The molecule has 1 amide bonds. The van der Waals surface area contributed by atoms with Gasteiger partial charge in [-0.05, 0) is 20.8 Å². The van der Waals surface area contributed by atoms with E-state index in [1.807, 2.05) is 20.8 Å². The second kappa shape index (κ2) is 9.41. The van der Waals surface area contributed by atoms with E-state index in [4.69, 9.17) is 18.4 Å². The number of ether oxygens (including phenoxy) is 3. The average molecular weight is 565 g/mol. The van der Waals surface area contributed by atoms with Gasteiger partial charge in [-0.25, -0.2) is 4.21 Å². The van der Waals surface area contributed by atoms with Gasteiger partial charge in [-0.3, -0.25) is 4.18 Å². The van der Waals surface area contributed by atoms with Crippen LogP contribution in [0.3, 0.4) is 0 Å². The van der Waals surface area contributed by atoms with Gasteiger partial charge in [-0.15, -0.1) is 6.41 Å². The summed E-state index contributed by atoms with van der Waals surface area (Å²) in [5, 5.41) is 0. The number of hydrogen-bond acceptors (Lipinski definition) is 6. The van der Waals surface area contributed by atoms with Gasteiger partial charge in [0.15, 0.2) is 0 Å². The van der Waals surface area contributed by atoms with E-state index >= 15 is 0 Å². The van der Waals surface area contributed by atoms with Gasteiger partial charge in [0.05, 0.1) is 51.3 Å². The van der Waals surface area contributed by atoms with Crippen LogP contribution in [0.2, 0.25) is 0 Å². The van der Waals surface area contributed by atoms with Gasteiger partial charge in [-0.2, -0.15) is 0 Å². The fraction of sp³-hybridized carbons (Fsp3) is 0.917. The summed E-state index contributed by atoms with van der Waals surface area (Å²) in [6.07, 6.45) is 1.58. The molecule has 0 radical (unpaired) electrons. The molecule has 0 aliphatic carbocycles. The molecule has 0 aromatic rings. The van der Waals surface area contributed by atoms with Crippen molar-refractivity contribution in [3.8, 4) is 0 Å². The molecule has 0 spiro atoms. The molecule has 1 rings (SSSR count). The molecule has 0 saturated carbocycles. The van der Waals surface area contributed by atoms with Crippen molar-refractivity contribution >= 4 is 17.7 Å². The summed E-state index contributed by atoms with van der Waals surface area (Å²) in [6, 6.07) is -0.349. The Hall–Kier alpha value is -1.54. The first kappa shape index (κ1) is 19.5. The molecule has 1 aliphatic rings. The van der Waals surface area contributed by atoms with Gasteiger partial charge >= 0.3 is 0 Å². The third kappa shape index (κ3) is 7.72. The van der Waals surface area contributed by atoms with Crippen LogP contribution in [0.15, 0.2) is 0 Å². The minimum absolute atomic E-state index is 0. The molecule has 1 heterocycles. The van der Waals surface area contributed by atoms with Crippen molar-refractivity contribution in [3.05, 3.63) is 0 Å². The molecule has 1 saturated heterocycles. The van der Waals surface area contributed by atoms with Gasteiger partial charge in [0.2, 0.25) is 11.3 Å².